The van der Waals surface area contributed by atoms with E-state index in [0.717, 1.165) is 21.3 Å². The Hall–Kier alpha value is -3.67. The Labute approximate surface area is 221 Å². The zero-order valence-corrected chi connectivity index (χ0v) is 22.5. The summed E-state index contributed by atoms with van der Waals surface area (Å²) in [5, 5.41) is 13.6. The molecule has 1 aromatic heterocycles. The summed E-state index contributed by atoms with van der Waals surface area (Å²) < 4.78 is 6.21. The number of aromatic nitrogens is 1. The normalized spacial score (nSPS) is 9.89. The highest BCUT2D eigenvalue weighted by Gasteiger charge is 2.16. The summed E-state index contributed by atoms with van der Waals surface area (Å²) in [6.07, 6.45) is 0.115. The lowest BCUT2D eigenvalue weighted by Crippen LogP contribution is -2.32. The molecule has 0 saturated carbocycles. The summed E-state index contributed by atoms with van der Waals surface area (Å²) in [5.74, 6) is -0.346. The van der Waals surface area contributed by atoms with Crippen molar-refractivity contribution in [3.63, 3.8) is 0 Å². The van der Waals surface area contributed by atoms with Gasteiger partial charge in [-0.15, -0.1) is 0 Å². The van der Waals surface area contributed by atoms with E-state index in [0.29, 0.717) is 11.7 Å². The molecule has 202 valence electrons. The minimum atomic E-state index is -0.530. The Balaban J connectivity index is 0.00000145. The summed E-state index contributed by atoms with van der Waals surface area (Å²) in [5.41, 5.74) is 8.54. The SMILES string of the molecule is C=O.C=O.Cc1cccc(-c2ccc3nc(NC(=O)NCCC(=O)OC(C)(C)C)sc3c2)c1.NCCO. The van der Waals surface area contributed by atoms with Gasteiger partial charge in [-0.25, -0.2) is 9.78 Å². The molecule has 3 aromatic rings. The third kappa shape index (κ3) is 13.3. The second-order valence-corrected chi connectivity index (χ2v) is 9.33. The molecule has 0 spiro atoms. The first-order valence-electron chi connectivity index (χ1n) is 11.2. The van der Waals surface area contributed by atoms with Crippen LogP contribution in [0.15, 0.2) is 42.5 Å². The molecule has 0 unspecified atom stereocenters. The number of aryl methyl sites for hydroxylation is 1. The van der Waals surface area contributed by atoms with Gasteiger partial charge >= 0.3 is 12.0 Å². The van der Waals surface area contributed by atoms with Gasteiger partial charge in [-0.05, 0) is 51.0 Å². The number of carbonyl (C=O) groups is 4. The monoisotopic (exact) mass is 532 g/mol. The standard InChI is InChI=1S/C22H25N3O3S.C2H7NO.2CH2O/c1-14-6-5-7-15(12-14)16-8-9-17-18(13-16)29-21(24-17)25-20(27)23-11-10-19(26)28-22(2,3)4;3-1-2-4;2*1-2/h5-9,12-13H,10-11H2,1-4H3,(H2,23,24,25,27);4H,1-3H2;2*1H2. The van der Waals surface area contributed by atoms with Crippen LogP contribution in [0.1, 0.15) is 32.8 Å². The summed E-state index contributed by atoms with van der Waals surface area (Å²) in [6.45, 7) is 12.2. The van der Waals surface area contributed by atoms with Crippen molar-refractivity contribution in [2.75, 3.05) is 25.0 Å². The van der Waals surface area contributed by atoms with Crippen LogP contribution in [0.3, 0.4) is 0 Å². The molecule has 37 heavy (non-hydrogen) atoms. The molecule has 11 heteroatoms. The van der Waals surface area contributed by atoms with Crippen LogP contribution in [0.4, 0.5) is 9.93 Å². The maximum absolute atomic E-state index is 12.1. The van der Waals surface area contributed by atoms with Crippen LogP contribution in [0.2, 0.25) is 0 Å². The molecule has 1 heterocycles. The van der Waals surface area contributed by atoms with E-state index in [2.05, 4.69) is 46.8 Å². The fourth-order valence-corrected chi connectivity index (χ4v) is 3.69. The van der Waals surface area contributed by atoms with E-state index in [1.165, 1.54) is 16.9 Å². The first-order chi connectivity index (χ1) is 17.6. The number of aliphatic hydroxyl groups excluding tert-OH is 1. The molecule has 0 fully saturated rings. The first-order valence-corrected chi connectivity index (χ1v) is 12.1. The van der Waals surface area contributed by atoms with Crippen LogP contribution in [0.25, 0.3) is 21.3 Å². The highest BCUT2D eigenvalue weighted by molar-refractivity contribution is 7.22. The van der Waals surface area contributed by atoms with Crippen LogP contribution in [0, 0.1) is 6.92 Å². The van der Waals surface area contributed by atoms with E-state index in [1.807, 2.05) is 52.5 Å². The number of nitrogens with zero attached hydrogens (tertiary/aromatic N) is 1. The Kier molecular flexibility index (Phi) is 16.0. The second kappa shape index (κ2) is 17.7. The smallest absolute Gasteiger partial charge is 0.321 e. The first kappa shape index (κ1) is 33.3. The van der Waals surface area contributed by atoms with Gasteiger partial charge in [0.25, 0.3) is 0 Å². The van der Waals surface area contributed by atoms with Crippen molar-refractivity contribution in [3.8, 4) is 11.1 Å². The van der Waals surface area contributed by atoms with Crippen molar-refractivity contribution in [1.29, 1.82) is 0 Å². The predicted octanol–water partition coefficient (Wildman–Crippen LogP) is 3.69. The topological polar surface area (TPSA) is 161 Å². The maximum Gasteiger partial charge on any atom is 0.321 e. The number of thiazole rings is 1. The van der Waals surface area contributed by atoms with Gasteiger partial charge in [0.15, 0.2) is 5.13 Å². The number of benzene rings is 2. The highest BCUT2D eigenvalue weighted by Crippen LogP contribution is 2.30. The number of anilines is 1. The largest absolute Gasteiger partial charge is 0.460 e. The molecular formula is C26H36N4O6S. The lowest BCUT2D eigenvalue weighted by atomic mass is 10.0. The minimum absolute atomic E-state index is 0.0972. The molecule has 0 radical (unpaired) electrons. The van der Waals surface area contributed by atoms with E-state index >= 15 is 0 Å². The Morgan fingerprint density at radius 2 is 1.70 bits per heavy atom. The third-order valence-corrected chi connectivity index (χ3v) is 5.06. The number of fused-ring (bicyclic) bond motifs is 1. The quantitative estimate of drug-likeness (QED) is 0.350. The van der Waals surface area contributed by atoms with Crippen molar-refractivity contribution < 1.29 is 29.0 Å². The molecule has 0 aliphatic carbocycles. The number of hydrogen-bond donors (Lipinski definition) is 4. The highest BCUT2D eigenvalue weighted by atomic mass is 32.1. The van der Waals surface area contributed by atoms with Gasteiger partial charge in [0, 0.05) is 13.1 Å². The second-order valence-electron chi connectivity index (χ2n) is 8.30. The maximum atomic E-state index is 12.1. The Bertz CT molecular complexity index is 1110. The van der Waals surface area contributed by atoms with E-state index < -0.39 is 11.6 Å². The molecule has 3 rings (SSSR count). The van der Waals surface area contributed by atoms with Crippen molar-refractivity contribution in [3.05, 3.63) is 48.0 Å². The molecule has 10 nitrogen and oxygen atoms in total. The van der Waals surface area contributed by atoms with Crippen LogP contribution in [-0.2, 0) is 19.1 Å². The van der Waals surface area contributed by atoms with Crippen molar-refractivity contribution in [2.45, 2.75) is 39.7 Å². The van der Waals surface area contributed by atoms with Gasteiger partial charge in [-0.1, -0.05) is 47.2 Å². The van der Waals surface area contributed by atoms with Crippen molar-refractivity contribution >= 4 is 52.3 Å². The van der Waals surface area contributed by atoms with Gasteiger partial charge in [0.1, 0.15) is 19.2 Å². The van der Waals surface area contributed by atoms with Crippen LogP contribution in [-0.4, -0.2) is 61.0 Å². The summed E-state index contributed by atoms with van der Waals surface area (Å²) >= 11 is 1.41. The molecule has 0 aliphatic heterocycles. The van der Waals surface area contributed by atoms with Gasteiger partial charge in [0.05, 0.1) is 23.2 Å². The zero-order chi connectivity index (χ0) is 28.4. The number of nitrogens with two attached hydrogens (primary N) is 1. The number of hydrogen-bond acceptors (Lipinski definition) is 9. The fraction of sp³-hybridized carbons (Fsp3) is 0.346. The van der Waals surface area contributed by atoms with E-state index in [-0.39, 0.29) is 25.5 Å². The summed E-state index contributed by atoms with van der Waals surface area (Å²) in [4.78, 5) is 44.2. The number of aliphatic hydroxyl groups is 1. The van der Waals surface area contributed by atoms with E-state index in [1.54, 1.807) is 0 Å². The lowest BCUT2D eigenvalue weighted by molar-refractivity contribution is -0.154. The van der Waals surface area contributed by atoms with Crippen molar-refractivity contribution in [2.24, 2.45) is 5.73 Å². The van der Waals surface area contributed by atoms with Crippen molar-refractivity contribution in [1.82, 2.24) is 10.3 Å². The van der Waals surface area contributed by atoms with E-state index in [4.69, 9.17) is 25.2 Å². The number of nitrogens with one attached hydrogen (secondary N) is 2. The minimum Gasteiger partial charge on any atom is -0.460 e. The summed E-state index contributed by atoms with van der Waals surface area (Å²) in [6, 6.07) is 14.0. The third-order valence-electron chi connectivity index (χ3n) is 4.12. The predicted molar refractivity (Wildman–Crippen MR) is 148 cm³/mol. The fourth-order valence-electron chi connectivity index (χ4n) is 2.79. The molecular weight excluding hydrogens is 496 g/mol. The number of urea groups is 1. The molecule has 0 aliphatic rings. The molecule has 0 atom stereocenters. The number of amides is 2. The Morgan fingerprint density at radius 3 is 2.27 bits per heavy atom. The Morgan fingerprint density at radius 1 is 1.08 bits per heavy atom. The van der Waals surface area contributed by atoms with Gasteiger partial charge < -0.3 is 30.5 Å². The average Bonchev–Trinajstić information content (AvgIpc) is 3.27. The molecule has 5 N–H and O–H groups in total. The van der Waals surface area contributed by atoms with Gasteiger partial charge in [-0.3, -0.25) is 10.1 Å². The zero-order valence-electron chi connectivity index (χ0n) is 21.7. The summed E-state index contributed by atoms with van der Waals surface area (Å²) in [7, 11) is 0. The molecule has 2 aromatic carbocycles. The van der Waals surface area contributed by atoms with Crippen LogP contribution >= 0.6 is 11.3 Å². The lowest BCUT2D eigenvalue weighted by Gasteiger charge is -2.19. The number of ether oxygens (including phenoxy) is 1. The number of carbonyl (C=O) groups excluding carboxylic acids is 4. The molecule has 0 saturated heterocycles. The number of esters is 1. The average molecular weight is 533 g/mol. The molecule has 0 bridgehead atoms. The van der Waals surface area contributed by atoms with Gasteiger partial charge in [-0.2, -0.15) is 0 Å². The number of rotatable bonds is 6. The molecule has 2 amide bonds. The van der Waals surface area contributed by atoms with Crippen LogP contribution in [0.5, 0.6) is 0 Å². The van der Waals surface area contributed by atoms with E-state index in [9.17, 15) is 9.59 Å². The van der Waals surface area contributed by atoms with Gasteiger partial charge in [0.2, 0.25) is 0 Å². The van der Waals surface area contributed by atoms with Crippen LogP contribution < -0.4 is 16.4 Å².